The van der Waals surface area contributed by atoms with E-state index in [-0.39, 0.29) is 17.6 Å². The average Bonchev–Trinajstić information content (AvgIpc) is 2.67. The zero-order valence-electron chi connectivity index (χ0n) is 14.9. The Morgan fingerprint density at radius 3 is 2.43 bits per heavy atom. The van der Waals surface area contributed by atoms with E-state index in [0.717, 1.165) is 5.56 Å². The Kier molecular flexibility index (Phi) is 3.37. The predicted molar refractivity (Wildman–Crippen MR) is 98.3 cm³/mol. The minimum absolute atomic E-state index is 0.0596. The fourth-order valence-electron chi connectivity index (χ4n) is 6.09. The highest BCUT2D eigenvalue weighted by Gasteiger charge is 2.66. The van der Waals surface area contributed by atoms with Crippen molar-refractivity contribution in [2.75, 3.05) is 0 Å². The summed E-state index contributed by atoms with van der Waals surface area (Å²) >= 11 is 0. The standard InChI is InChI=1S/C22H20O6/c23-19(24)13-5-3-7-16-18(13)17-11-8-9-21(27,10-14(11)20(25)26)22(16,28)15-6-2-1-4-12(15)17/h1-7,10-11,16-18,27-28H,8-9H2,(H,23,24)(H,25,26). The summed E-state index contributed by atoms with van der Waals surface area (Å²) in [4.78, 5) is 24.0. The largest absolute Gasteiger partial charge is 0.478 e. The molecule has 1 aromatic rings. The van der Waals surface area contributed by atoms with Gasteiger partial charge in [-0.3, -0.25) is 0 Å². The van der Waals surface area contributed by atoms with Gasteiger partial charge in [-0.2, -0.15) is 0 Å². The third-order valence-corrected chi connectivity index (χ3v) is 7.16. The van der Waals surface area contributed by atoms with Crippen molar-refractivity contribution < 1.29 is 30.0 Å². The maximum Gasteiger partial charge on any atom is 0.331 e. The molecule has 0 aliphatic heterocycles. The van der Waals surface area contributed by atoms with E-state index in [9.17, 15) is 30.0 Å². The number of benzene rings is 1. The normalized spacial score (nSPS) is 39.9. The van der Waals surface area contributed by atoms with Gasteiger partial charge in [-0.15, -0.1) is 0 Å². The van der Waals surface area contributed by atoms with Crippen LogP contribution in [-0.4, -0.2) is 38.0 Å². The van der Waals surface area contributed by atoms with Crippen molar-refractivity contribution in [2.45, 2.75) is 30.0 Å². The summed E-state index contributed by atoms with van der Waals surface area (Å²) in [7, 11) is 0. The number of aliphatic carboxylic acids is 2. The first-order valence-corrected chi connectivity index (χ1v) is 9.41. The van der Waals surface area contributed by atoms with Crippen LogP contribution < -0.4 is 0 Å². The quantitative estimate of drug-likeness (QED) is 0.623. The monoisotopic (exact) mass is 380 g/mol. The van der Waals surface area contributed by atoms with Gasteiger partial charge < -0.3 is 20.4 Å². The van der Waals surface area contributed by atoms with Crippen LogP contribution in [0.3, 0.4) is 0 Å². The molecule has 7 aliphatic carbocycles. The Labute approximate surface area is 161 Å². The molecule has 4 N–H and O–H groups in total. The summed E-state index contributed by atoms with van der Waals surface area (Å²) < 4.78 is 0. The van der Waals surface area contributed by atoms with Gasteiger partial charge in [0.25, 0.3) is 0 Å². The number of carboxylic acids is 2. The Hall–Kier alpha value is -2.70. The lowest BCUT2D eigenvalue weighted by Crippen LogP contribution is -2.64. The van der Waals surface area contributed by atoms with Gasteiger partial charge in [0.05, 0.1) is 0 Å². The van der Waals surface area contributed by atoms with Crippen LogP contribution >= 0.6 is 0 Å². The first kappa shape index (κ1) is 17.4. The highest BCUT2D eigenvalue weighted by atomic mass is 16.4. The summed E-state index contributed by atoms with van der Waals surface area (Å²) in [6.07, 6.45) is 6.80. The molecule has 0 aromatic heterocycles. The van der Waals surface area contributed by atoms with Crippen molar-refractivity contribution in [3.05, 3.63) is 70.8 Å². The maximum atomic E-state index is 12.1. The van der Waals surface area contributed by atoms with Crippen LogP contribution in [0.15, 0.2) is 59.7 Å². The van der Waals surface area contributed by atoms with E-state index in [1.165, 1.54) is 12.2 Å². The molecule has 28 heavy (non-hydrogen) atoms. The van der Waals surface area contributed by atoms with Gasteiger partial charge in [-0.1, -0.05) is 42.5 Å². The van der Waals surface area contributed by atoms with E-state index >= 15 is 0 Å². The van der Waals surface area contributed by atoms with Crippen molar-refractivity contribution >= 4 is 11.9 Å². The Balaban J connectivity index is 1.90. The molecule has 144 valence electrons. The van der Waals surface area contributed by atoms with E-state index in [4.69, 9.17) is 0 Å². The van der Waals surface area contributed by atoms with E-state index in [1.807, 2.05) is 6.07 Å². The van der Waals surface area contributed by atoms with Crippen molar-refractivity contribution in [3.63, 3.8) is 0 Å². The minimum Gasteiger partial charge on any atom is -0.478 e. The molecule has 6 unspecified atom stereocenters. The SMILES string of the molecule is O=C(O)C1=CC2(O)CCC1C1c3ccccc3C2(O)C2C=CC=C(C(=O)O)C12. The number of hydrogen-bond acceptors (Lipinski definition) is 4. The summed E-state index contributed by atoms with van der Waals surface area (Å²) in [6, 6.07) is 7.17. The maximum absolute atomic E-state index is 12.1. The van der Waals surface area contributed by atoms with Crippen LogP contribution in [0.1, 0.15) is 29.9 Å². The molecule has 0 radical (unpaired) electrons. The number of rotatable bonds is 2. The number of aliphatic hydroxyl groups is 2. The molecule has 1 saturated carbocycles. The zero-order chi connectivity index (χ0) is 19.8. The Morgan fingerprint density at radius 1 is 1.00 bits per heavy atom. The average molecular weight is 380 g/mol. The van der Waals surface area contributed by atoms with Crippen LogP contribution in [0, 0.1) is 17.8 Å². The van der Waals surface area contributed by atoms with E-state index < -0.39 is 46.8 Å². The van der Waals surface area contributed by atoms with Gasteiger partial charge in [-0.25, -0.2) is 9.59 Å². The molecule has 8 rings (SSSR count). The molecule has 0 heterocycles. The molecule has 6 atom stereocenters. The summed E-state index contributed by atoms with van der Waals surface area (Å²) in [5.74, 6) is -4.35. The van der Waals surface area contributed by atoms with Crippen LogP contribution in [0.4, 0.5) is 0 Å². The second kappa shape index (κ2) is 5.43. The lowest BCUT2D eigenvalue weighted by molar-refractivity contribution is -0.190. The Morgan fingerprint density at radius 2 is 1.71 bits per heavy atom. The van der Waals surface area contributed by atoms with Crippen LogP contribution in [0.2, 0.25) is 0 Å². The van der Waals surface area contributed by atoms with Crippen molar-refractivity contribution in [1.82, 2.24) is 0 Å². The lowest BCUT2D eigenvalue weighted by Gasteiger charge is -2.60. The second-order valence-electron chi connectivity index (χ2n) is 8.22. The second-order valence-corrected chi connectivity index (χ2v) is 8.22. The van der Waals surface area contributed by atoms with E-state index in [2.05, 4.69) is 0 Å². The molecule has 6 nitrogen and oxygen atoms in total. The van der Waals surface area contributed by atoms with Gasteiger partial charge in [-0.05, 0) is 41.9 Å². The third-order valence-electron chi connectivity index (χ3n) is 7.16. The molecule has 0 amide bonds. The van der Waals surface area contributed by atoms with Crippen molar-refractivity contribution in [3.8, 4) is 0 Å². The van der Waals surface area contributed by atoms with Gasteiger partial charge in [0, 0.05) is 23.0 Å². The number of carbonyl (C=O) groups is 2. The number of carboxylic acid groups (broad SMARTS) is 2. The molecular weight excluding hydrogens is 360 g/mol. The fraction of sp³-hybridized carbons (Fsp3) is 0.364. The van der Waals surface area contributed by atoms with Crippen molar-refractivity contribution in [1.29, 1.82) is 0 Å². The fourth-order valence-corrected chi connectivity index (χ4v) is 6.09. The molecule has 0 saturated heterocycles. The molecule has 6 heteroatoms. The highest BCUT2D eigenvalue weighted by molar-refractivity contribution is 5.90. The molecule has 7 aliphatic rings. The molecule has 1 aromatic carbocycles. The zero-order valence-corrected chi connectivity index (χ0v) is 14.9. The predicted octanol–water partition coefficient (Wildman–Crippen LogP) is 1.95. The number of hydrogen-bond donors (Lipinski definition) is 4. The summed E-state index contributed by atoms with van der Waals surface area (Å²) in [5.41, 5.74) is -2.13. The van der Waals surface area contributed by atoms with Gasteiger partial charge in [0.2, 0.25) is 0 Å². The van der Waals surface area contributed by atoms with Crippen molar-refractivity contribution in [2.24, 2.45) is 17.8 Å². The molecule has 0 spiro atoms. The van der Waals surface area contributed by atoms with E-state index in [1.54, 1.807) is 30.4 Å². The van der Waals surface area contributed by atoms with Gasteiger partial charge in [0.15, 0.2) is 0 Å². The van der Waals surface area contributed by atoms with Crippen LogP contribution in [-0.2, 0) is 15.2 Å². The molecule has 4 bridgehead atoms. The highest BCUT2D eigenvalue weighted by Crippen LogP contribution is 2.65. The third kappa shape index (κ3) is 1.89. The van der Waals surface area contributed by atoms with Crippen LogP contribution in [0.5, 0.6) is 0 Å². The van der Waals surface area contributed by atoms with Gasteiger partial charge >= 0.3 is 11.9 Å². The first-order chi connectivity index (χ1) is 13.3. The first-order valence-electron chi connectivity index (χ1n) is 9.41. The smallest absolute Gasteiger partial charge is 0.331 e. The topological polar surface area (TPSA) is 115 Å². The number of allylic oxidation sites excluding steroid dienone is 2. The summed E-state index contributed by atoms with van der Waals surface area (Å²) in [5, 5.41) is 43.3. The van der Waals surface area contributed by atoms with Crippen LogP contribution in [0.25, 0.3) is 0 Å². The lowest BCUT2D eigenvalue weighted by atomic mass is 9.46. The minimum atomic E-state index is -1.82. The molecule has 1 fully saturated rings. The Bertz CT molecular complexity index is 1000. The summed E-state index contributed by atoms with van der Waals surface area (Å²) in [6.45, 7) is 0. The van der Waals surface area contributed by atoms with E-state index in [0.29, 0.717) is 12.0 Å². The molecular formula is C22H20O6. The van der Waals surface area contributed by atoms with Gasteiger partial charge in [0.1, 0.15) is 11.2 Å².